The number of rotatable bonds is 5. The summed E-state index contributed by atoms with van der Waals surface area (Å²) in [5.41, 5.74) is 4.47. The van der Waals surface area contributed by atoms with Gasteiger partial charge < -0.3 is 4.90 Å². The molecule has 0 saturated carbocycles. The van der Waals surface area contributed by atoms with E-state index in [0.717, 1.165) is 6.42 Å². The second-order valence-electron chi connectivity index (χ2n) is 5.78. The molecule has 0 aliphatic carbocycles. The van der Waals surface area contributed by atoms with Gasteiger partial charge in [0.15, 0.2) is 0 Å². The van der Waals surface area contributed by atoms with Crippen LogP contribution in [-0.4, -0.2) is 24.5 Å². The molecular formula is C17H27N. The molecular weight excluding hydrogens is 218 g/mol. The van der Waals surface area contributed by atoms with Crippen molar-refractivity contribution in [1.29, 1.82) is 0 Å². The summed E-state index contributed by atoms with van der Waals surface area (Å²) in [7, 11) is 0. The van der Waals surface area contributed by atoms with Gasteiger partial charge in [-0.3, -0.25) is 0 Å². The van der Waals surface area contributed by atoms with E-state index in [9.17, 15) is 0 Å². The lowest BCUT2D eigenvalue weighted by Crippen LogP contribution is -2.21. The van der Waals surface area contributed by atoms with Gasteiger partial charge in [0.25, 0.3) is 0 Å². The van der Waals surface area contributed by atoms with Gasteiger partial charge in [0, 0.05) is 0 Å². The Kier molecular flexibility index (Phi) is 4.82. The molecule has 1 aromatic carbocycles. The first-order valence-corrected chi connectivity index (χ1v) is 7.52. The van der Waals surface area contributed by atoms with Crippen molar-refractivity contribution in [3.8, 4) is 0 Å². The Balaban J connectivity index is 1.91. The van der Waals surface area contributed by atoms with E-state index >= 15 is 0 Å². The summed E-state index contributed by atoms with van der Waals surface area (Å²) < 4.78 is 0. The summed E-state index contributed by atoms with van der Waals surface area (Å²) in [6.45, 7) is 10.8. The van der Waals surface area contributed by atoms with Gasteiger partial charge in [-0.25, -0.2) is 0 Å². The predicted octanol–water partition coefficient (Wildman–Crippen LogP) is 4.15. The van der Waals surface area contributed by atoms with Crippen LogP contribution in [0.4, 0.5) is 0 Å². The van der Waals surface area contributed by atoms with Crippen LogP contribution in [0.15, 0.2) is 18.2 Å². The fourth-order valence-corrected chi connectivity index (χ4v) is 2.97. The van der Waals surface area contributed by atoms with E-state index in [1.54, 1.807) is 0 Å². The van der Waals surface area contributed by atoms with Gasteiger partial charge in [-0.1, -0.05) is 32.0 Å². The molecule has 1 aliphatic heterocycles. The lowest BCUT2D eigenvalue weighted by Gasteiger charge is -2.19. The van der Waals surface area contributed by atoms with Gasteiger partial charge in [-0.15, -0.1) is 0 Å². The molecule has 1 unspecified atom stereocenters. The number of benzene rings is 1. The summed E-state index contributed by atoms with van der Waals surface area (Å²) in [6, 6.07) is 7.05. The van der Waals surface area contributed by atoms with Crippen molar-refractivity contribution >= 4 is 0 Å². The number of nitrogens with zero attached hydrogens (tertiary/aromatic N) is 1. The Morgan fingerprint density at radius 1 is 1.22 bits per heavy atom. The Morgan fingerprint density at radius 2 is 1.94 bits per heavy atom. The predicted molar refractivity (Wildman–Crippen MR) is 79.3 cm³/mol. The van der Waals surface area contributed by atoms with E-state index in [0.29, 0.717) is 5.92 Å². The molecule has 0 N–H and O–H groups in total. The van der Waals surface area contributed by atoms with Crippen LogP contribution in [0.3, 0.4) is 0 Å². The maximum Gasteiger partial charge on any atom is -0.00130 e. The van der Waals surface area contributed by atoms with Gasteiger partial charge in [0.05, 0.1) is 0 Å². The van der Waals surface area contributed by atoms with Gasteiger partial charge in [0.1, 0.15) is 0 Å². The summed E-state index contributed by atoms with van der Waals surface area (Å²) >= 11 is 0. The highest BCUT2D eigenvalue weighted by Gasteiger charge is 2.13. The highest BCUT2D eigenvalue weighted by molar-refractivity contribution is 5.32. The zero-order chi connectivity index (χ0) is 13.0. The van der Waals surface area contributed by atoms with E-state index in [1.807, 2.05) is 0 Å². The van der Waals surface area contributed by atoms with Gasteiger partial charge in [-0.2, -0.15) is 0 Å². The summed E-state index contributed by atoms with van der Waals surface area (Å²) in [5.74, 6) is 0.690. The molecule has 1 fully saturated rings. The van der Waals surface area contributed by atoms with Crippen molar-refractivity contribution in [3.05, 3.63) is 34.9 Å². The molecule has 18 heavy (non-hydrogen) atoms. The highest BCUT2D eigenvalue weighted by Crippen LogP contribution is 2.23. The smallest absolute Gasteiger partial charge is 0.00130 e. The fourth-order valence-electron chi connectivity index (χ4n) is 2.97. The largest absolute Gasteiger partial charge is 0.303 e. The Hall–Kier alpha value is -0.820. The first-order chi connectivity index (χ1) is 8.70. The molecule has 1 saturated heterocycles. The number of hydrogen-bond acceptors (Lipinski definition) is 1. The third kappa shape index (κ3) is 3.35. The molecule has 1 heterocycles. The van der Waals surface area contributed by atoms with Crippen molar-refractivity contribution in [1.82, 2.24) is 4.90 Å². The number of hydrogen-bond donors (Lipinski definition) is 0. The minimum Gasteiger partial charge on any atom is -0.303 e. The molecule has 0 spiro atoms. The third-order valence-corrected chi connectivity index (χ3v) is 4.39. The van der Waals surface area contributed by atoms with E-state index in [4.69, 9.17) is 0 Å². The SMILES string of the molecule is CCc1ccc(C(C)CCN2CCCC2)cc1C. The van der Waals surface area contributed by atoms with E-state index < -0.39 is 0 Å². The summed E-state index contributed by atoms with van der Waals surface area (Å²) in [5, 5.41) is 0. The average molecular weight is 245 g/mol. The van der Waals surface area contributed by atoms with Crippen molar-refractivity contribution in [2.75, 3.05) is 19.6 Å². The van der Waals surface area contributed by atoms with E-state index in [2.05, 4.69) is 43.9 Å². The Labute approximate surface area is 112 Å². The average Bonchev–Trinajstić information content (AvgIpc) is 2.89. The topological polar surface area (TPSA) is 3.24 Å². The van der Waals surface area contributed by atoms with Crippen molar-refractivity contribution < 1.29 is 0 Å². The molecule has 0 amide bonds. The van der Waals surface area contributed by atoms with Crippen LogP contribution in [0.2, 0.25) is 0 Å². The normalized spacial score (nSPS) is 18.2. The fraction of sp³-hybridized carbons (Fsp3) is 0.647. The van der Waals surface area contributed by atoms with Gasteiger partial charge in [-0.05, 0) is 74.8 Å². The minimum atomic E-state index is 0.690. The molecule has 0 bridgehead atoms. The second-order valence-corrected chi connectivity index (χ2v) is 5.78. The standard InChI is InChI=1S/C17H27N/c1-4-16-7-8-17(13-15(16)3)14(2)9-12-18-10-5-6-11-18/h7-8,13-14H,4-6,9-12H2,1-3H3. The molecule has 1 aliphatic rings. The maximum absolute atomic E-state index is 2.61. The zero-order valence-corrected chi connectivity index (χ0v) is 12.2. The molecule has 1 heteroatoms. The van der Waals surface area contributed by atoms with Crippen molar-refractivity contribution in [2.24, 2.45) is 0 Å². The van der Waals surface area contributed by atoms with E-state index in [1.165, 1.54) is 55.6 Å². The van der Waals surface area contributed by atoms with E-state index in [-0.39, 0.29) is 0 Å². The molecule has 1 nitrogen and oxygen atoms in total. The monoisotopic (exact) mass is 245 g/mol. The van der Waals surface area contributed by atoms with Crippen LogP contribution >= 0.6 is 0 Å². The number of likely N-dealkylation sites (tertiary alicyclic amines) is 1. The van der Waals surface area contributed by atoms with Crippen molar-refractivity contribution in [3.63, 3.8) is 0 Å². The zero-order valence-electron chi connectivity index (χ0n) is 12.2. The lowest BCUT2D eigenvalue weighted by molar-refractivity contribution is 0.324. The van der Waals surface area contributed by atoms with Gasteiger partial charge >= 0.3 is 0 Å². The molecule has 100 valence electrons. The van der Waals surface area contributed by atoms with Crippen LogP contribution in [-0.2, 0) is 6.42 Å². The molecule has 0 radical (unpaired) electrons. The quantitative estimate of drug-likeness (QED) is 0.753. The molecule has 1 atom stereocenters. The highest BCUT2D eigenvalue weighted by atomic mass is 15.1. The second kappa shape index (κ2) is 6.38. The maximum atomic E-state index is 2.61. The Bertz CT molecular complexity index is 377. The first-order valence-electron chi connectivity index (χ1n) is 7.52. The van der Waals surface area contributed by atoms with Gasteiger partial charge in [0.2, 0.25) is 0 Å². The lowest BCUT2D eigenvalue weighted by atomic mass is 9.93. The Morgan fingerprint density at radius 3 is 2.56 bits per heavy atom. The molecule has 2 rings (SSSR count). The van der Waals surface area contributed by atoms with Crippen LogP contribution in [0.5, 0.6) is 0 Å². The number of aryl methyl sites for hydroxylation is 2. The van der Waals surface area contributed by atoms with Crippen molar-refractivity contribution in [2.45, 2.75) is 52.4 Å². The first kappa shape index (κ1) is 13.6. The minimum absolute atomic E-state index is 0.690. The van der Waals surface area contributed by atoms with Crippen LogP contribution in [0.1, 0.15) is 55.7 Å². The molecule has 0 aromatic heterocycles. The summed E-state index contributed by atoms with van der Waals surface area (Å²) in [4.78, 5) is 2.61. The third-order valence-electron chi connectivity index (χ3n) is 4.39. The van der Waals surface area contributed by atoms with Crippen LogP contribution < -0.4 is 0 Å². The van der Waals surface area contributed by atoms with Crippen LogP contribution in [0, 0.1) is 6.92 Å². The summed E-state index contributed by atoms with van der Waals surface area (Å²) in [6.07, 6.45) is 5.25. The molecule has 1 aromatic rings. The van der Waals surface area contributed by atoms with Crippen LogP contribution in [0.25, 0.3) is 0 Å².